The summed E-state index contributed by atoms with van der Waals surface area (Å²) in [5.74, 6) is 6.25. The van der Waals surface area contributed by atoms with Gasteiger partial charge in [0.15, 0.2) is 0 Å². The Morgan fingerprint density at radius 1 is 1.20 bits per heavy atom. The molecule has 3 heteroatoms. The molecule has 2 aromatic carbocycles. The van der Waals surface area contributed by atoms with Crippen molar-refractivity contribution in [1.29, 1.82) is 0 Å². The molecule has 0 saturated carbocycles. The van der Waals surface area contributed by atoms with Gasteiger partial charge in [-0.25, -0.2) is 0 Å². The van der Waals surface area contributed by atoms with Gasteiger partial charge in [0.2, 0.25) is 0 Å². The third-order valence-electron chi connectivity index (χ3n) is 2.72. The number of rotatable bonds is 3. The second-order valence-corrected chi connectivity index (χ2v) is 4.81. The fourth-order valence-corrected chi connectivity index (χ4v) is 2.00. The lowest BCUT2D eigenvalue weighted by Crippen LogP contribution is -1.97. The predicted molar refractivity (Wildman–Crippen MR) is 80.9 cm³/mol. The van der Waals surface area contributed by atoms with Crippen LogP contribution in [0.25, 0.3) is 0 Å². The van der Waals surface area contributed by atoms with Gasteiger partial charge < -0.3 is 9.84 Å². The number of aryl methyl sites for hydroxylation is 1. The molecule has 0 unspecified atom stereocenters. The second-order valence-electron chi connectivity index (χ2n) is 4.38. The first-order valence-electron chi connectivity index (χ1n) is 6.26. The molecule has 0 amide bonds. The smallest absolute Gasteiger partial charge is 0.135 e. The van der Waals surface area contributed by atoms with E-state index in [9.17, 15) is 0 Å². The van der Waals surface area contributed by atoms with Crippen LogP contribution in [0.1, 0.15) is 16.7 Å². The maximum atomic E-state index is 8.80. The number of aliphatic hydroxyl groups excluding tert-OH is 1. The van der Waals surface area contributed by atoms with Crippen LogP contribution in [0, 0.1) is 18.8 Å². The predicted octanol–water partition coefficient (Wildman–Crippen LogP) is 3.57. The fourth-order valence-electron chi connectivity index (χ4n) is 1.79. The van der Waals surface area contributed by atoms with E-state index < -0.39 is 0 Å². The quantitative estimate of drug-likeness (QED) is 0.874. The van der Waals surface area contributed by atoms with E-state index in [1.165, 1.54) is 0 Å². The molecular weight excluding hydrogens is 272 g/mol. The molecule has 0 aliphatic rings. The van der Waals surface area contributed by atoms with E-state index in [1.807, 2.05) is 49.4 Å². The number of halogens is 1. The molecule has 0 aliphatic heterocycles. The van der Waals surface area contributed by atoms with E-state index in [0.29, 0.717) is 17.4 Å². The number of ether oxygens (including phenoxy) is 1. The molecular formula is C17H15ClO2. The highest BCUT2D eigenvalue weighted by Gasteiger charge is 2.03. The SMILES string of the molecule is Cc1ccc(OCc2cccc(Cl)c2)c(C#CCO)c1. The van der Waals surface area contributed by atoms with E-state index in [-0.39, 0.29) is 6.61 Å². The lowest BCUT2D eigenvalue weighted by atomic mass is 10.1. The Bertz CT molecular complexity index is 654. The minimum Gasteiger partial charge on any atom is -0.488 e. The highest BCUT2D eigenvalue weighted by molar-refractivity contribution is 6.30. The van der Waals surface area contributed by atoms with Crippen LogP contribution in [0.3, 0.4) is 0 Å². The van der Waals surface area contributed by atoms with Crippen LogP contribution in [-0.2, 0) is 6.61 Å². The molecule has 2 nitrogen and oxygen atoms in total. The molecule has 0 spiro atoms. The average molecular weight is 287 g/mol. The maximum Gasteiger partial charge on any atom is 0.135 e. The summed E-state index contributed by atoms with van der Waals surface area (Å²) in [7, 11) is 0. The van der Waals surface area contributed by atoms with Gasteiger partial charge in [-0.15, -0.1) is 0 Å². The zero-order valence-electron chi connectivity index (χ0n) is 11.2. The summed E-state index contributed by atoms with van der Waals surface area (Å²) in [5, 5.41) is 9.49. The molecule has 0 aromatic heterocycles. The van der Waals surface area contributed by atoms with Crippen molar-refractivity contribution in [2.45, 2.75) is 13.5 Å². The van der Waals surface area contributed by atoms with Gasteiger partial charge in [-0.2, -0.15) is 0 Å². The Labute approximate surface area is 124 Å². The van der Waals surface area contributed by atoms with Crippen molar-refractivity contribution in [2.75, 3.05) is 6.61 Å². The summed E-state index contributed by atoms with van der Waals surface area (Å²) < 4.78 is 5.79. The summed E-state index contributed by atoms with van der Waals surface area (Å²) in [6.45, 7) is 2.25. The van der Waals surface area contributed by atoms with Crippen molar-refractivity contribution >= 4 is 11.6 Å². The van der Waals surface area contributed by atoms with Crippen LogP contribution in [0.2, 0.25) is 5.02 Å². The van der Waals surface area contributed by atoms with E-state index in [1.54, 1.807) is 0 Å². The monoisotopic (exact) mass is 286 g/mol. The number of hydrogen-bond acceptors (Lipinski definition) is 2. The van der Waals surface area contributed by atoms with Crippen LogP contribution < -0.4 is 4.74 Å². The van der Waals surface area contributed by atoms with Gasteiger partial charge in [0, 0.05) is 5.02 Å². The van der Waals surface area contributed by atoms with E-state index in [4.69, 9.17) is 21.4 Å². The van der Waals surface area contributed by atoms with E-state index in [2.05, 4.69) is 11.8 Å². The molecule has 2 rings (SSSR count). The Kier molecular flexibility index (Phi) is 5.06. The Hall–Kier alpha value is -1.95. The molecule has 102 valence electrons. The highest BCUT2D eigenvalue weighted by atomic mass is 35.5. The molecule has 0 aliphatic carbocycles. The standard InChI is InChI=1S/C17H15ClO2/c1-13-7-8-17(15(10-13)5-3-9-19)20-12-14-4-2-6-16(18)11-14/h2,4,6-8,10-11,19H,9,12H2,1H3. The molecule has 0 bridgehead atoms. The highest BCUT2D eigenvalue weighted by Crippen LogP contribution is 2.21. The van der Waals surface area contributed by atoms with Gasteiger partial charge in [0.05, 0.1) is 5.56 Å². The molecule has 0 atom stereocenters. The van der Waals surface area contributed by atoms with Crippen LogP contribution in [0.4, 0.5) is 0 Å². The molecule has 20 heavy (non-hydrogen) atoms. The van der Waals surface area contributed by atoms with Crippen molar-refractivity contribution in [2.24, 2.45) is 0 Å². The topological polar surface area (TPSA) is 29.5 Å². The van der Waals surface area contributed by atoms with Gasteiger partial charge in [-0.1, -0.05) is 41.6 Å². The first-order valence-corrected chi connectivity index (χ1v) is 6.64. The second kappa shape index (κ2) is 7.00. The van der Waals surface area contributed by atoms with E-state index >= 15 is 0 Å². The third kappa shape index (κ3) is 4.03. The Morgan fingerprint density at radius 3 is 2.80 bits per heavy atom. The molecule has 2 aromatic rings. The molecule has 1 N–H and O–H groups in total. The Morgan fingerprint density at radius 2 is 2.05 bits per heavy atom. The van der Waals surface area contributed by atoms with Crippen molar-refractivity contribution in [3.05, 3.63) is 64.2 Å². The molecule has 0 saturated heterocycles. The van der Waals surface area contributed by atoms with Gasteiger partial charge in [0.25, 0.3) is 0 Å². The van der Waals surface area contributed by atoms with Crippen LogP contribution in [0.5, 0.6) is 5.75 Å². The zero-order valence-corrected chi connectivity index (χ0v) is 11.9. The number of hydrogen-bond donors (Lipinski definition) is 1. The fraction of sp³-hybridized carbons (Fsp3) is 0.176. The molecule has 0 radical (unpaired) electrons. The maximum absolute atomic E-state index is 8.80. The summed E-state index contributed by atoms with van der Waals surface area (Å²) in [4.78, 5) is 0. The van der Waals surface area contributed by atoms with Crippen molar-refractivity contribution in [3.8, 4) is 17.6 Å². The lowest BCUT2D eigenvalue weighted by Gasteiger charge is -2.09. The van der Waals surface area contributed by atoms with Crippen LogP contribution in [-0.4, -0.2) is 11.7 Å². The van der Waals surface area contributed by atoms with Crippen LogP contribution in [0.15, 0.2) is 42.5 Å². The van der Waals surface area contributed by atoms with E-state index in [0.717, 1.165) is 16.7 Å². The normalized spacial score (nSPS) is 9.75. The zero-order chi connectivity index (χ0) is 14.4. The minimum atomic E-state index is -0.165. The number of aliphatic hydroxyl groups is 1. The number of benzene rings is 2. The molecule has 0 fully saturated rings. The van der Waals surface area contributed by atoms with Gasteiger partial charge in [-0.3, -0.25) is 0 Å². The summed E-state index contributed by atoms with van der Waals surface area (Å²) in [5.41, 5.74) is 2.88. The summed E-state index contributed by atoms with van der Waals surface area (Å²) >= 11 is 5.94. The van der Waals surface area contributed by atoms with Crippen LogP contribution >= 0.6 is 11.6 Å². The molecule has 0 heterocycles. The average Bonchev–Trinajstić information content (AvgIpc) is 2.44. The minimum absolute atomic E-state index is 0.165. The third-order valence-corrected chi connectivity index (χ3v) is 2.96. The summed E-state index contributed by atoms with van der Waals surface area (Å²) in [6, 6.07) is 13.3. The Balaban J connectivity index is 2.16. The first-order chi connectivity index (χ1) is 9.69. The van der Waals surface area contributed by atoms with Gasteiger partial charge in [-0.05, 0) is 42.3 Å². The van der Waals surface area contributed by atoms with Crippen molar-refractivity contribution in [3.63, 3.8) is 0 Å². The van der Waals surface area contributed by atoms with Gasteiger partial charge in [0.1, 0.15) is 19.0 Å². The van der Waals surface area contributed by atoms with Crippen molar-refractivity contribution < 1.29 is 9.84 Å². The summed E-state index contributed by atoms with van der Waals surface area (Å²) in [6.07, 6.45) is 0. The lowest BCUT2D eigenvalue weighted by molar-refractivity contribution is 0.305. The van der Waals surface area contributed by atoms with Gasteiger partial charge >= 0.3 is 0 Å². The first kappa shape index (κ1) is 14.5. The van der Waals surface area contributed by atoms with Crippen molar-refractivity contribution in [1.82, 2.24) is 0 Å². The largest absolute Gasteiger partial charge is 0.488 e.